The summed E-state index contributed by atoms with van der Waals surface area (Å²) < 4.78 is 27.1. The lowest BCUT2D eigenvalue weighted by atomic mass is 10.1. The van der Waals surface area contributed by atoms with Crippen LogP contribution in [0.25, 0.3) is 28.4 Å². The number of hydrogen-bond acceptors (Lipinski definition) is 7. The first-order valence-electron chi connectivity index (χ1n) is 13.9. The lowest BCUT2D eigenvalue weighted by Crippen LogP contribution is -2.34. The second-order valence-electron chi connectivity index (χ2n) is 9.71. The van der Waals surface area contributed by atoms with Gasteiger partial charge >= 0.3 is 0 Å². The topological polar surface area (TPSA) is 87.4 Å². The molecule has 3 heterocycles. The first-order chi connectivity index (χ1) is 20.6. The zero-order valence-corrected chi connectivity index (χ0v) is 23.7. The fourth-order valence-electron chi connectivity index (χ4n) is 4.84. The summed E-state index contributed by atoms with van der Waals surface area (Å²) in [4.78, 5) is 26.4. The molecular formula is C34H33NO7. The molecule has 0 radical (unpaired) electrons. The Balaban J connectivity index is 0.000000168. The van der Waals surface area contributed by atoms with E-state index in [-0.39, 0.29) is 23.9 Å². The summed E-state index contributed by atoms with van der Waals surface area (Å²) >= 11 is 0. The highest BCUT2D eigenvalue weighted by Crippen LogP contribution is 2.34. The lowest BCUT2D eigenvalue weighted by Gasteiger charge is -2.25. The Morgan fingerprint density at radius 1 is 0.857 bits per heavy atom. The predicted molar refractivity (Wildman–Crippen MR) is 162 cm³/mol. The third kappa shape index (κ3) is 6.49. The van der Waals surface area contributed by atoms with Crippen LogP contribution in [-0.2, 0) is 4.79 Å². The summed E-state index contributed by atoms with van der Waals surface area (Å²) in [5.74, 6) is 2.77. The number of para-hydroxylation sites is 1. The highest BCUT2D eigenvalue weighted by atomic mass is 16.7. The Morgan fingerprint density at radius 2 is 1.64 bits per heavy atom. The Labute approximate surface area is 244 Å². The van der Waals surface area contributed by atoms with Gasteiger partial charge in [0.25, 0.3) is 0 Å². The number of rotatable bonds is 6. The Hall–Kier alpha value is -4.98. The van der Waals surface area contributed by atoms with Gasteiger partial charge in [0.2, 0.25) is 23.9 Å². The van der Waals surface area contributed by atoms with Crippen LogP contribution in [0.15, 0.2) is 94.2 Å². The number of piperidine rings is 1. The number of likely N-dealkylation sites (tertiary alicyclic amines) is 1. The third-order valence-corrected chi connectivity index (χ3v) is 7.00. The number of allylic oxidation sites excluding steroid dienone is 2. The van der Waals surface area contributed by atoms with Crippen molar-refractivity contribution in [3.05, 3.63) is 101 Å². The van der Waals surface area contributed by atoms with Crippen LogP contribution in [0.2, 0.25) is 0 Å². The van der Waals surface area contributed by atoms with Crippen LogP contribution in [0.1, 0.15) is 24.8 Å². The van der Waals surface area contributed by atoms with E-state index in [1.54, 1.807) is 37.5 Å². The van der Waals surface area contributed by atoms with E-state index in [0.29, 0.717) is 22.5 Å². The number of carbonyl (C=O) groups is 1. The van der Waals surface area contributed by atoms with Crippen molar-refractivity contribution in [2.24, 2.45) is 0 Å². The average molecular weight is 568 g/mol. The molecule has 1 amide bonds. The van der Waals surface area contributed by atoms with E-state index in [1.807, 2.05) is 65.6 Å². The highest BCUT2D eigenvalue weighted by molar-refractivity contribution is 5.88. The molecule has 0 saturated carbocycles. The second-order valence-corrected chi connectivity index (χ2v) is 9.71. The number of ether oxygens (including phenoxy) is 4. The Morgan fingerprint density at radius 3 is 2.40 bits per heavy atom. The maximum absolute atomic E-state index is 12.6. The molecule has 0 unspecified atom stereocenters. The van der Waals surface area contributed by atoms with Gasteiger partial charge in [-0.05, 0) is 49.1 Å². The minimum Gasteiger partial charge on any atom is -0.493 e. The molecule has 0 N–H and O–H groups in total. The van der Waals surface area contributed by atoms with Gasteiger partial charge in [-0.3, -0.25) is 9.59 Å². The van der Waals surface area contributed by atoms with Crippen molar-refractivity contribution in [1.29, 1.82) is 0 Å². The van der Waals surface area contributed by atoms with Gasteiger partial charge in [-0.15, -0.1) is 0 Å². The SMILES string of the molecule is COc1c(-c2ccccc2)oc2c(OC)cccc2c1=O.O=C(C=CC=Cc1ccc2c(c1)OCO2)N1CCCCC1. The molecule has 8 nitrogen and oxygen atoms in total. The van der Waals surface area contributed by atoms with Crippen molar-refractivity contribution in [2.75, 3.05) is 34.1 Å². The van der Waals surface area contributed by atoms with Gasteiger partial charge in [0.05, 0.1) is 19.6 Å². The van der Waals surface area contributed by atoms with Crippen LogP contribution in [-0.4, -0.2) is 44.9 Å². The van der Waals surface area contributed by atoms with Gasteiger partial charge in [-0.25, -0.2) is 0 Å². The number of nitrogens with zero attached hydrogens (tertiary/aromatic N) is 1. The first kappa shape index (κ1) is 28.5. The number of fused-ring (bicyclic) bond motifs is 2. The van der Waals surface area contributed by atoms with E-state index in [9.17, 15) is 9.59 Å². The Kier molecular flexibility index (Phi) is 9.23. The summed E-state index contributed by atoms with van der Waals surface area (Å²) in [6.45, 7) is 2.05. The highest BCUT2D eigenvalue weighted by Gasteiger charge is 2.19. The molecule has 2 aliphatic heterocycles. The molecule has 2 aliphatic rings. The van der Waals surface area contributed by atoms with Crippen molar-refractivity contribution >= 4 is 23.0 Å². The number of hydrogen-bond donors (Lipinski definition) is 0. The van der Waals surface area contributed by atoms with Gasteiger partial charge < -0.3 is 28.3 Å². The van der Waals surface area contributed by atoms with Gasteiger partial charge in [0.15, 0.2) is 28.6 Å². The van der Waals surface area contributed by atoms with Gasteiger partial charge in [-0.1, -0.05) is 60.7 Å². The normalized spacial score (nSPS) is 14.2. The molecule has 216 valence electrons. The van der Waals surface area contributed by atoms with E-state index < -0.39 is 0 Å². The molecule has 0 aliphatic carbocycles. The second kappa shape index (κ2) is 13.6. The minimum atomic E-state index is -0.212. The molecule has 42 heavy (non-hydrogen) atoms. The van der Waals surface area contributed by atoms with Crippen molar-refractivity contribution < 1.29 is 28.2 Å². The zero-order chi connectivity index (χ0) is 29.3. The van der Waals surface area contributed by atoms with Gasteiger partial charge in [0.1, 0.15) is 0 Å². The number of methoxy groups -OCH3 is 2. The van der Waals surface area contributed by atoms with Crippen molar-refractivity contribution in [3.8, 4) is 34.3 Å². The summed E-state index contributed by atoms with van der Waals surface area (Å²) in [7, 11) is 3.01. The van der Waals surface area contributed by atoms with Crippen molar-refractivity contribution in [2.45, 2.75) is 19.3 Å². The molecule has 0 atom stereocenters. The van der Waals surface area contributed by atoms with Crippen LogP contribution in [0, 0.1) is 0 Å². The molecule has 0 spiro atoms. The molecule has 8 heteroatoms. The third-order valence-electron chi connectivity index (χ3n) is 7.00. The van der Waals surface area contributed by atoms with Gasteiger partial charge in [-0.2, -0.15) is 0 Å². The summed E-state index contributed by atoms with van der Waals surface area (Å²) in [6.07, 6.45) is 10.7. The van der Waals surface area contributed by atoms with Crippen LogP contribution < -0.4 is 24.4 Å². The van der Waals surface area contributed by atoms with Crippen LogP contribution in [0.5, 0.6) is 23.0 Å². The molecule has 6 rings (SSSR count). The zero-order valence-electron chi connectivity index (χ0n) is 23.7. The number of carbonyl (C=O) groups excluding carboxylic acids is 1. The quantitative estimate of drug-likeness (QED) is 0.195. The first-order valence-corrected chi connectivity index (χ1v) is 13.9. The molecule has 1 saturated heterocycles. The van der Waals surface area contributed by atoms with Crippen LogP contribution in [0.4, 0.5) is 0 Å². The maximum atomic E-state index is 12.6. The number of benzene rings is 3. The van der Waals surface area contributed by atoms with Crippen LogP contribution >= 0.6 is 0 Å². The molecular weight excluding hydrogens is 534 g/mol. The van der Waals surface area contributed by atoms with Crippen LogP contribution in [0.3, 0.4) is 0 Å². The van der Waals surface area contributed by atoms with E-state index in [0.717, 1.165) is 48.6 Å². The standard InChI is InChI=1S/C17H19NO3.C17H14O4/c19-17(18-10-4-1-5-11-18)7-3-2-6-14-8-9-15-16(12-14)21-13-20-15;1-19-13-10-6-9-12-14(18)17(20-2)15(21-16(12)13)11-7-4-3-5-8-11/h2-3,6-9,12H,1,4-5,10-11,13H2;3-10H,1-2H3. The summed E-state index contributed by atoms with van der Waals surface area (Å²) in [5.41, 5.74) is 2.01. The molecule has 0 bridgehead atoms. The largest absolute Gasteiger partial charge is 0.493 e. The van der Waals surface area contributed by atoms with E-state index >= 15 is 0 Å². The fourth-order valence-corrected chi connectivity index (χ4v) is 4.84. The number of amides is 1. The Bertz CT molecular complexity index is 1650. The maximum Gasteiger partial charge on any atom is 0.246 e. The molecule has 1 aromatic heterocycles. The lowest BCUT2D eigenvalue weighted by molar-refractivity contribution is -0.126. The monoisotopic (exact) mass is 567 g/mol. The molecule has 4 aromatic rings. The van der Waals surface area contributed by atoms with Crippen molar-refractivity contribution in [3.63, 3.8) is 0 Å². The van der Waals surface area contributed by atoms with E-state index in [2.05, 4.69) is 0 Å². The summed E-state index contributed by atoms with van der Waals surface area (Å²) in [6, 6.07) is 20.4. The van der Waals surface area contributed by atoms with Gasteiger partial charge in [0, 0.05) is 24.7 Å². The van der Waals surface area contributed by atoms with E-state index in [4.69, 9.17) is 23.4 Å². The summed E-state index contributed by atoms with van der Waals surface area (Å²) in [5, 5.41) is 0.436. The molecule has 1 fully saturated rings. The van der Waals surface area contributed by atoms with E-state index in [1.165, 1.54) is 13.5 Å². The smallest absolute Gasteiger partial charge is 0.246 e. The predicted octanol–water partition coefficient (Wildman–Crippen LogP) is 6.47. The van der Waals surface area contributed by atoms with Crippen molar-refractivity contribution in [1.82, 2.24) is 4.90 Å². The molecule has 3 aromatic carbocycles. The minimum absolute atomic E-state index is 0.102. The fraction of sp³-hybridized carbons (Fsp3) is 0.235. The average Bonchev–Trinajstić information content (AvgIpc) is 3.52.